The van der Waals surface area contributed by atoms with Gasteiger partial charge in [-0.25, -0.2) is 4.39 Å². The number of hydrogen-bond donors (Lipinski definition) is 4. The highest BCUT2D eigenvalue weighted by Gasteiger charge is 2.28. The normalized spacial score (nSPS) is 10.9. The van der Waals surface area contributed by atoms with Crippen LogP contribution in [0.2, 0.25) is 0 Å². The van der Waals surface area contributed by atoms with Crippen LogP contribution >= 0.6 is 0 Å². The summed E-state index contributed by atoms with van der Waals surface area (Å²) in [6.07, 6.45) is 0. The van der Waals surface area contributed by atoms with Crippen LogP contribution < -0.4 is 5.48 Å². The second-order valence-corrected chi connectivity index (χ2v) is 5.55. The van der Waals surface area contributed by atoms with Gasteiger partial charge in [-0.3, -0.25) is 20.8 Å². The third kappa shape index (κ3) is 2.64. The summed E-state index contributed by atoms with van der Waals surface area (Å²) in [6.45, 7) is 3.41. The quantitative estimate of drug-likeness (QED) is 0.329. The Hall–Kier alpha value is -3.20. The van der Waals surface area contributed by atoms with Crippen LogP contribution in [-0.2, 0) is 7.05 Å². The largest absolute Gasteiger partial charge is 0.508 e. The van der Waals surface area contributed by atoms with E-state index in [0.717, 1.165) is 6.07 Å². The molecule has 4 N–H and O–H groups in total. The Morgan fingerprint density at radius 3 is 2.60 bits per heavy atom. The number of nitrogens with one attached hydrogen (secondary N) is 2. The number of aromatic hydroxyl groups is 1. The van der Waals surface area contributed by atoms with E-state index in [1.54, 1.807) is 26.4 Å². The lowest BCUT2D eigenvalue weighted by Gasteiger charge is -2.08. The first-order valence-electron chi connectivity index (χ1n) is 7.33. The van der Waals surface area contributed by atoms with Crippen molar-refractivity contribution in [1.29, 1.82) is 5.41 Å². The Morgan fingerprint density at radius 2 is 2.04 bits per heavy atom. The van der Waals surface area contributed by atoms with E-state index in [9.17, 15) is 14.7 Å². The number of hydroxylamine groups is 1. The van der Waals surface area contributed by atoms with Gasteiger partial charge in [-0.15, -0.1) is 0 Å². The van der Waals surface area contributed by atoms with Crippen molar-refractivity contribution in [3.63, 3.8) is 0 Å². The van der Waals surface area contributed by atoms with E-state index < -0.39 is 5.82 Å². The van der Waals surface area contributed by atoms with Crippen molar-refractivity contribution in [3.05, 3.63) is 41.2 Å². The Balaban J connectivity index is 2.39. The predicted molar refractivity (Wildman–Crippen MR) is 87.0 cm³/mol. The smallest absolute Gasteiger partial charge is 0.168 e. The number of nitrogens with zero attached hydrogens (tertiary/aromatic N) is 3. The lowest BCUT2D eigenvalue weighted by atomic mass is 9.97. The molecule has 0 spiro atoms. The molecule has 9 heteroatoms. The second kappa shape index (κ2) is 6.02. The van der Waals surface area contributed by atoms with Crippen molar-refractivity contribution in [2.75, 3.05) is 0 Å². The van der Waals surface area contributed by atoms with Crippen LogP contribution in [0, 0.1) is 25.1 Å². The van der Waals surface area contributed by atoms with Crippen molar-refractivity contribution < 1.29 is 19.2 Å². The lowest BCUT2D eigenvalue weighted by Crippen LogP contribution is -2.22. The molecule has 2 aromatic heterocycles. The molecule has 0 saturated carbocycles. The summed E-state index contributed by atoms with van der Waals surface area (Å²) in [7, 11) is 1.57. The highest BCUT2D eigenvalue weighted by molar-refractivity contribution is 6.04. The van der Waals surface area contributed by atoms with Crippen molar-refractivity contribution in [2.45, 2.75) is 13.8 Å². The number of aromatic nitrogens is 3. The van der Waals surface area contributed by atoms with Crippen LogP contribution in [0.4, 0.5) is 4.39 Å². The van der Waals surface area contributed by atoms with Gasteiger partial charge in [0.1, 0.15) is 28.7 Å². The molecule has 0 aliphatic carbocycles. The van der Waals surface area contributed by atoms with Gasteiger partial charge in [0, 0.05) is 24.2 Å². The van der Waals surface area contributed by atoms with Crippen LogP contribution in [0.25, 0.3) is 22.4 Å². The fourth-order valence-electron chi connectivity index (χ4n) is 2.83. The van der Waals surface area contributed by atoms with E-state index in [2.05, 4.69) is 10.3 Å². The predicted octanol–water partition coefficient (Wildman–Crippen LogP) is 2.51. The number of hydrogen-bond acceptors (Lipinski definition) is 6. The fraction of sp³-hybridized carbons (Fsp3) is 0.188. The number of rotatable bonds is 3. The van der Waals surface area contributed by atoms with E-state index in [-0.39, 0.29) is 28.5 Å². The van der Waals surface area contributed by atoms with Crippen LogP contribution in [-0.4, -0.2) is 31.1 Å². The van der Waals surface area contributed by atoms with Crippen molar-refractivity contribution in [1.82, 2.24) is 20.4 Å². The van der Waals surface area contributed by atoms with Crippen LogP contribution in [0.15, 0.2) is 22.7 Å². The fourth-order valence-corrected chi connectivity index (χ4v) is 2.83. The van der Waals surface area contributed by atoms with E-state index in [0.29, 0.717) is 22.6 Å². The Labute approximate surface area is 142 Å². The highest BCUT2D eigenvalue weighted by Crippen LogP contribution is 2.39. The van der Waals surface area contributed by atoms with Gasteiger partial charge in [-0.2, -0.15) is 5.10 Å². The molecule has 25 heavy (non-hydrogen) atoms. The summed E-state index contributed by atoms with van der Waals surface area (Å²) in [4.78, 5) is 0. The van der Waals surface area contributed by atoms with Gasteiger partial charge in [-0.05, 0) is 26.0 Å². The number of benzene rings is 1. The lowest BCUT2D eigenvalue weighted by molar-refractivity contribution is 0.233. The average molecular weight is 345 g/mol. The molecule has 0 unspecified atom stereocenters. The van der Waals surface area contributed by atoms with Gasteiger partial charge >= 0.3 is 0 Å². The SMILES string of the molecule is Cc1noc(C)c1-c1c(-c2ccc(O)cc2F)nn(C)c1C(=N)NO. The number of halogens is 1. The van der Waals surface area contributed by atoms with Gasteiger partial charge in [-0.1, -0.05) is 5.16 Å². The summed E-state index contributed by atoms with van der Waals surface area (Å²) >= 11 is 0. The molecule has 0 amide bonds. The molecule has 0 aliphatic heterocycles. The summed E-state index contributed by atoms with van der Waals surface area (Å²) < 4.78 is 21.0. The van der Waals surface area contributed by atoms with Crippen LogP contribution in [0.5, 0.6) is 5.75 Å². The van der Waals surface area contributed by atoms with E-state index in [1.165, 1.54) is 16.8 Å². The standard InChI is InChI=1S/C16H16FN5O3/c1-7-12(8(2)25-21-7)13-14(10-5-4-9(23)6-11(10)17)19-22(3)15(13)16(18)20-24/h4-6,23-24H,1-3H3,(H2,18,20). The molecule has 3 rings (SSSR count). The first-order valence-corrected chi connectivity index (χ1v) is 7.33. The van der Waals surface area contributed by atoms with Crippen molar-refractivity contribution in [2.24, 2.45) is 7.05 Å². The minimum absolute atomic E-state index is 0.139. The van der Waals surface area contributed by atoms with Gasteiger partial charge in [0.05, 0.1) is 11.3 Å². The third-order valence-electron chi connectivity index (χ3n) is 3.89. The molecule has 130 valence electrons. The zero-order valence-corrected chi connectivity index (χ0v) is 13.8. The van der Waals surface area contributed by atoms with E-state index in [4.69, 9.17) is 9.93 Å². The summed E-state index contributed by atoms with van der Waals surface area (Å²) in [6, 6.07) is 3.73. The Kier molecular flexibility index (Phi) is 4.01. The van der Waals surface area contributed by atoms with Crippen molar-refractivity contribution >= 4 is 5.84 Å². The van der Waals surface area contributed by atoms with E-state index in [1.807, 2.05) is 0 Å². The Morgan fingerprint density at radius 1 is 1.32 bits per heavy atom. The molecular weight excluding hydrogens is 329 g/mol. The van der Waals surface area contributed by atoms with Gasteiger partial charge in [0.15, 0.2) is 5.84 Å². The molecule has 0 radical (unpaired) electrons. The summed E-state index contributed by atoms with van der Waals surface area (Å²) in [5.74, 6) is -0.712. The number of amidine groups is 1. The monoisotopic (exact) mass is 345 g/mol. The molecule has 0 fully saturated rings. The molecule has 0 atom stereocenters. The number of phenolic OH excluding ortho intramolecular Hbond substituents is 1. The molecule has 1 aromatic carbocycles. The van der Waals surface area contributed by atoms with E-state index >= 15 is 0 Å². The first-order chi connectivity index (χ1) is 11.8. The molecule has 8 nitrogen and oxygen atoms in total. The maximum Gasteiger partial charge on any atom is 0.168 e. The van der Waals surface area contributed by atoms with Gasteiger partial charge < -0.3 is 9.63 Å². The number of phenols is 1. The second-order valence-electron chi connectivity index (χ2n) is 5.55. The topological polar surface area (TPSA) is 120 Å². The van der Waals surface area contributed by atoms with Gasteiger partial charge in [0.2, 0.25) is 0 Å². The van der Waals surface area contributed by atoms with Gasteiger partial charge in [0.25, 0.3) is 0 Å². The number of aryl methyl sites for hydroxylation is 3. The minimum atomic E-state index is -0.666. The zero-order chi connectivity index (χ0) is 18.3. The molecule has 2 heterocycles. The molecule has 0 saturated heterocycles. The van der Waals surface area contributed by atoms with Crippen LogP contribution in [0.3, 0.4) is 0 Å². The first kappa shape index (κ1) is 16.7. The molecule has 0 bridgehead atoms. The third-order valence-corrected chi connectivity index (χ3v) is 3.89. The molecular formula is C16H16FN5O3. The van der Waals surface area contributed by atoms with Crippen molar-refractivity contribution in [3.8, 4) is 28.1 Å². The summed E-state index contributed by atoms with van der Waals surface area (Å²) in [5, 5.41) is 34.8. The zero-order valence-electron chi connectivity index (χ0n) is 13.8. The molecule has 0 aliphatic rings. The Bertz CT molecular complexity index is 957. The minimum Gasteiger partial charge on any atom is -0.508 e. The van der Waals surface area contributed by atoms with Crippen LogP contribution in [0.1, 0.15) is 17.1 Å². The summed E-state index contributed by atoms with van der Waals surface area (Å²) in [5.41, 5.74) is 3.90. The molecule has 3 aromatic rings. The highest BCUT2D eigenvalue weighted by atomic mass is 19.1. The average Bonchev–Trinajstić information content (AvgIpc) is 3.06. The maximum atomic E-state index is 14.4. The maximum absolute atomic E-state index is 14.4.